The van der Waals surface area contributed by atoms with Crippen LogP contribution in [0.1, 0.15) is 31.4 Å². The number of hydrogen-bond donors (Lipinski definition) is 0. The Balaban J connectivity index is 1.83. The minimum atomic E-state index is -0.257. The second kappa shape index (κ2) is 6.12. The highest BCUT2D eigenvalue weighted by atomic mass is 16.6. The third-order valence-corrected chi connectivity index (χ3v) is 3.88. The van der Waals surface area contributed by atoms with Gasteiger partial charge in [0.15, 0.2) is 5.75 Å². The quantitative estimate of drug-likeness (QED) is 0.797. The fourth-order valence-electron chi connectivity index (χ4n) is 2.71. The predicted molar refractivity (Wildman–Crippen MR) is 82.5 cm³/mol. The smallest absolute Gasteiger partial charge is 0.408 e. The van der Waals surface area contributed by atoms with E-state index in [1.165, 1.54) is 12.8 Å². The van der Waals surface area contributed by atoms with Gasteiger partial charge in [-0.1, -0.05) is 31.0 Å². The summed E-state index contributed by atoms with van der Waals surface area (Å²) >= 11 is 0. The number of pyridine rings is 1. The number of carbonyl (C=O) groups excluding carboxylic acids is 1. The molecule has 1 aliphatic heterocycles. The molecular formula is C17H20N2O2. The van der Waals surface area contributed by atoms with Gasteiger partial charge in [0.25, 0.3) is 0 Å². The van der Waals surface area contributed by atoms with Crippen LogP contribution in [0.15, 0.2) is 30.3 Å². The number of nitrogens with zero attached hydrogens (tertiary/aromatic N) is 2. The van der Waals surface area contributed by atoms with E-state index in [1.54, 1.807) is 0 Å². The Kier molecular flexibility index (Phi) is 4.04. The molecule has 1 aliphatic rings. The van der Waals surface area contributed by atoms with Crippen LogP contribution in [0.2, 0.25) is 0 Å². The van der Waals surface area contributed by atoms with Crippen molar-refractivity contribution in [1.82, 2.24) is 9.88 Å². The third kappa shape index (κ3) is 3.15. The molecule has 3 rings (SSSR count). The minimum Gasteiger partial charge on any atom is -0.408 e. The van der Waals surface area contributed by atoms with Crippen molar-refractivity contribution in [1.29, 1.82) is 0 Å². The Hall–Kier alpha value is -2.10. The Morgan fingerprint density at radius 1 is 1.10 bits per heavy atom. The fraction of sp³-hybridized carbons (Fsp3) is 0.412. The monoisotopic (exact) mass is 284 g/mol. The lowest BCUT2D eigenvalue weighted by molar-refractivity contribution is 0.154. The number of likely N-dealkylation sites (tertiary alicyclic amines) is 1. The van der Waals surface area contributed by atoms with Crippen LogP contribution in [0.4, 0.5) is 4.79 Å². The number of rotatable bonds is 1. The Morgan fingerprint density at radius 2 is 1.86 bits per heavy atom. The first kappa shape index (κ1) is 13.9. The molecule has 0 unspecified atom stereocenters. The number of carbonyl (C=O) groups is 1. The average molecular weight is 284 g/mol. The van der Waals surface area contributed by atoms with Crippen LogP contribution in [-0.4, -0.2) is 29.1 Å². The fourth-order valence-corrected chi connectivity index (χ4v) is 2.71. The van der Waals surface area contributed by atoms with Crippen LogP contribution >= 0.6 is 0 Å². The minimum absolute atomic E-state index is 0.257. The first-order chi connectivity index (χ1) is 10.2. The van der Waals surface area contributed by atoms with E-state index in [1.807, 2.05) is 42.2 Å². The number of hydrogen-bond acceptors (Lipinski definition) is 3. The maximum atomic E-state index is 12.3. The third-order valence-electron chi connectivity index (χ3n) is 3.88. The van der Waals surface area contributed by atoms with Crippen LogP contribution in [0.5, 0.6) is 5.75 Å². The average Bonchev–Trinajstić information content (AvgIpc) is 2.77. The molecule has 0 spiro atoms. The molecular weight excluding hydrogens is 264 g/mol. The highest BCUT2D eigenvalue weighted by Crippen LogP contribution is 2.25. The van der Waals surface area contributed by atoms with Crippen molar-refractivity contribution < 1.29 is 9.53 Å². The van der Waals surface area contributed by atoms with Gasteiger partial charge in [0.05, 0.1) is 0 Å². The number of aromatic nitrogens is 1. The first-order valence-corrected chi connectivity index (χ1v) is 7.57. The molecule has 1 amide bonds. The summed E-state index contributed by atoms with van der Waals surface area (Å²) in [5.74, 6) is 0.547. The van der Waals surface area contributed by atoms with Crippen LogP contribution in [0.3, 0.4) is 0 Å². The van der Waals surface area contributed by atoms with Crippen LogP contribution < -0.4 is 4.74 Å². The second-order valence-corrected chi connectivity index (χ2v) is 5.55. The summed E-state index contributed by atoms with van der Waals surface area (Å²) in [6, 6.07) is 9.64. The van der Waals surface area contributed by atoms with Gasteiger partial charge in [-0.15, -0.1) is 0 Å². The van der Waals surface area contributed by atoms with Crippen LogP contribution in [0.25, 0.3) is 10.9 Å². The Morgan fingerprint density at radius 3 is 2.62 bits per heavy atom. The van der Waals surface area contributed by atoms with Gasteiger partial charge in [0.2, 0.25) is 0 Å². The maximum Gasteiger partial charge on any atom is 0.415 e. The molecule has 0 saturated carbocycles. The zero-order valence-corrected chi connectivity index (χ0v) is 12.3. The molecule has 4 heteroatoms. The van der Waals surface area contributed by atoms with Crippen molar-refractivity contribution >= 4 is 17.0 Å². The zero-order chi connectivity index (χ0) is 14.7. The van der Waals surface area contributed by atoms with Crippen molar-refractivity contribution in [2.75, 3.05) is 13.1 Å². The summed E-state index contributed by atoms with van der Waals surface area (Å²) in [5, 5.41) is 0.988. The Bertz CT molecular complexity index is 646. The van der Waals surface area contributed by atoms with Gasteiger partial charge >= 0.3 is 6.09 Å². The molecule has 0 atom stereocenters. The van der Waals surface area contributed by atoms with E-state index < -0.39 is 0 Å². The van der Waals surface area contributed by atoms with E-state index >= 15 is 0 Å². The van der Waals surface area contributed by atoms with Crippen molar-refractivity contribution in [3.05, 3.63) is 36.0 Å². The summed E-state index contributed by atoms with van der Waals surface area (Å²) in [5.41, 5.74) is 1.67. The molecule has 4 nitrogen and oxygen atoms in total. The van der Waals surface area contributed by atoms with Crippen molar-refractivity contribution in [3.8, 4) is 5.75 Å². The molecule has 2 heterocycles. The molecule has 0 radical (unpaired) electrons. The van der Waals surface area contributed by atoms with Gasteiger partial charge < -0.3 is 9.64 Å². The standard InChI is InChI=1S/C17H20N2O2/c1-13-9-10-14-7-6-8-15(16(14)18-13)21-17(20)19-11-4-2-3-5-12-19/h6-10H,2-5,11-12H2,1H3. The summed E-state index contributed by atoms with van der Waals surface area (Å²) < 4.78 is 5.60. The molecule has 1 fully saturated rings. The SMILES string of the molecule is Cc1ccc2cccc(OC(=O)N3CCCCCC3)c2n1. The number of benzene rings is 1. The van der Waals surface area contributed by atoms with Crippen LogP contribution in [-0.2, 0) is 0 Å². The maximum absolute atomic E-state index is 12.3. The summed E-state index contributed by atoms with van der Waals surface area (Å²) in [4.78, 5) is 18.6. The van der Waals surface area contributed by atoms with Gasteiger partial charge in [-0.2, -0.15) is 0 Å². The largest absolute Gasteiger partial charge is 0.415 e. The van der Waals surface area contributed by atoms with E-state index in [9.17, 15) is 4.79 Å². The van der Waals surface area contributed by atoms with E-state index in [2.05, 4.69) is 4.98 Å². The number of fused-ring (bicyclic) bond motifs is 1. The van der Waals surface area contributed by atoms with E-state index in [0.29, 0.717) is 5.75 Å². The molecule has 21 heavy (non-hydrogen) atoms. The van der Waals surface area contributed by atoms with E-state index in [4.69, 9.17) is 4.74 Å². The number of para-hydroxylation sites is 1. The molecule has 0 bridgehead atoms. The zero-order valence-electron chi connectivity index (χ0n) is 12.3. The van der Waals surface area contributed by atoms with E-state index in [-0.39, 0.29) is 6.09 Å². The predicted octanol–water partition coefficient (Wildman–Crippen LogP) is 3.92. The second-order valence-electron chi connectivity index (χ2n) is 5.55. The molecule has 2 aromatic rings. The van der Waals surface area contributed by atoms with Gasteiger partial charge in [-0.3, -0.25) is 0 Å². The van der Waals surface area contributed by atoms with Crippen LogP contribution in [0, 0.1) is 6.92 Å². The molecule has 1 saturated heterocycles. The highest BCUT2D eigenvalue weighted by Gasteiger charge is 2.18. The molecule has 0 N–H and O–H groups in total. The summed E-state index contributed by atoms with van der Waals surface area (Å²) in [7, 11) is 0. The number of ether oxygens (including phenoxy) is 1. The number of amides is 1. The van der Waals surface area contributed by atoms with Gasteiger partial charge in [0.1, 0.15) is 5.52 Å². The molecule has 1 aromatic carbocycles. The lowest BCUT2D eigenvalue weighted by atomic mass is 10.2. The van der Waals surface area contributed by atoms with Crippen molar-refractivity contribution in [3.63, 3.8) is 0 Å². The van der Waals surface area contributed by atoms with Crippen molar-refractivity contribution in [2.45, 2.75) is 32.6 Å². The van der Waals surface area contributed by atoms with Gasteiger partial charge in [-0.25, -0.2) is 9.78 Å². The first-order valence-electron chi connectivity index (χ1n) is 7.57. The van der Waals surface area contributed by atoms with Crippen molar-refractivity contribution in [2.24, 2.45) is 0 Å². The normalized spacial score (nSPS) is 15.8. The summed E-state index contributed by atoms with van der Waals surface area (Å²) in [6.07, 6.45) is 4.24. The lowest BCUT2D eigenvalue weighted by Gasteiger charge is -2.19. The summed E-state index contributed by atoms with van der Waals surface area (Å²) in [6.45, 7) is 3.51. The molecule has 1 aromatic heterocycles. The van der Waals surface area contributed by atoms with Gasteiger partial charge in [-0.05, 0) is 31.9 Å². The lowest BCUT2D eigenvalue weighted by Crippen LogP contribution is -2.34. The molecule has 0 aliphatic carbocycles. The van der Waals surface area contributed by atoms with E-state index in [0.717, 1.165) is 42.5 Å². The Labute approximate surface area is 124 Å². The highest BCUT2D eigenvalue weighted by molar-refractivity contribution is 5.87. The number of aryl methyl sites for hydroxylation is 1. The topological polar surface area (TPSA) is 42.4 Å². The molecule has 110 valence electrons. The van der Waals surface area contributed by atoms with Gasteiger partial charge in [0, 0.05) is 24.2 Å².